The number of para-hydroxylation sites is 1. The second-order valence-electron chi connectivity index (χ2n) is 9.84. The summed E-state index contributed by atoms with van der Waals surface area (Å²) < 4.78 is 6.05. The predicted octanol–water partition coefficient (Wildman–Crippen LogP) is 10.2. The van der Waals surface area contributed by atoms with Gasteiger partial charge in [0.1, 0.15) is 0 Å². The Morgan fingerprint density at radius 2 is 1.61 bits per heavy atom. The van der Waals surface area contributed by atoms with E-state index in [-0.39, 0.29) is 22.9 Å². The Kier molecular flexibility index (Phi) is 16.7. The van der Waals surface area contributed by atoms with Crippen molar-refractivity contribution in [3.63, 3.8) is 0 Å². The third-order valence-corrected chi connectivity index (χ3v) is 7.74. The van der Waals surface area contributed by atoms with Crippen LogP contribution in [-0.4, -0.2) is 23.3 Å². The smallest absolute Gasteiger partial charge is 0.255 e. The van der Waals surface area contributed by atoms with E-state index in [1.54, 1.807) is 17.8 Å². The van der Waals surface area contributed by atoms with Crippen molar-refractivity contribution in [2.75, 3.05) is 17.8 Å². The molecule has 0 fully saturated rings. The van der Waals surface area contributed by atoms with Crippen LogP contribution in [0.1, 0.15) is 99.9 Å². The molecule has 0 aromatic heterocycles. The van der Waals surface area contributed by atoms with Gasteiger partial charge in [-0.1, -0.05) is 107 Å². The summed E-state index contributed by atoms with van der Waals surface area (Å²) in [5.41, 5.74) is 2.34. The number of amides is 1. The van der Waals surface area contributed by atoms with Gasteiger partial charge in [0.15, 0.2) is 5.75 Å². The maximum Gasteiger partial charge on any atom is 0.255 e. The van der Waals surface area contributed by atoms with E-state index in [1.165, 1.54) is 64.2 Å². The fourth-order valence-electron chi connectivity index (χ4n) is 4.52. The molecule has 0 bridgehead atoms. The number of nitrogens with one attached hydrogen (secondary N) is 1. The molecule has 2 aromatic carbocycles. The van der Waals surface area contributed by atoms with Crippen molar-refractivity contribution in [1.29, 1.82) is 0 Å². The van der Waals surface area contributed by atoms with Crippen LogP contribution in [0.5, 0.6) is 5.75 Å². The van der Waals surface area contributed by atoms with E-state index in [0.29, 0.717) is 28.6 Å². The molecule has 1 aliphatic heterocycles. The van der Waals surface area contributed by atoms with Gasteiger partial charge in [-0.2, -0.15) is 0 Å². The molecule has 0 aliphatic carbocycles. The quantitative estimate of drug-likeness (QED) is 0.168. The standard InChI is InChI=1S/C31H43ClN2O2S.BrH/c1-2-3-4-5-6-7-8-9-10-11-12-13-21-36-30-28(32)18-15-19-29(30)33-31(35)27-17-14-16-26(23-27)24-34-20-22-37-25-34;/h14-20,22-23H,2-13,21,24-25H2,1H3,(H,33,35);1H. The molecule has 3 rings (SSSR count). The van der Waals surface area contributed by atoms with Crippen LogP contribution < -0.4 is 10.1 Å². The third-order valence-electron chi connectivity index (χ3n) is 6.64. The molecule has 38 heavy (non-hydrogen) atoms. The first-order valence-corrected chi connectivity index (χ1v) is 15.4. The number of benzene rings is 2. The lowest BCUT2D eigenvalue weighted by molar-refractivity contribution is 0.102. The third kappa shape index (κ3) is 12.0. The largest absolute Gasteiger partial charge is 0.490 e. The number of hydrogen-bond donors (Lipinski definition) is 1. The Morgan fingerprint density at radius 1 is 0.947 bits per heavy atom. The summed E-state index contributed by atoms with van der Waals surface area (Å²) in [5.74, 6) is 1.33. The summed E-state index contributed by atoms with van der Waals surface area (Å²) >= 11 is 8.21. The number of rotatable bonds is 18. The van der Waals surface area contributed by atoms with Gasteiger partial charge in [-0.3, -0.25) is 4.79 Å². The van der Waals surface area contributed by atoms with Gasteiger partial charge in [0.25, 0.3) is 5.91 Å². The molecule has 1 heterocycles. The molecular formula is C31H44BrClN2O2S. The highest BCUT2D eigenvalue weighted by Gasteiger charge is 2.14. The Morgan fingerprint density at radius 3 is 2.26 bits per heavy atom. The average Bonchev–Trinajstić information content (AvgIpc) is 3.41. The van der Waals surface area contributed by atoms with Crippen molar-refractivity contribution >= 4 is 51.9 Å². The minimum absolute atomic E-state index is 0. The molecular weight excluding hydrogens is 580 g/mol. The van der Waals surface area contributed by atoms with Crippen LogP contribution in [0, 0.1) is 0 Å². The first-order valence-electron chi connectivity index (χ1n) is 14.0. The van der Waals surface area contributed by atoms with Gasteiger partial charge in [0, 0.05) is 18.3 Å². The van der Waals surface area contributed by atoms with Gasteiger partial charge in [0.2, 0.25) is 0 Å². The zero-order valence-corrected chi connectivity index (χ0v) is 26.0. The van der Waals surface area contributed by atoms with Crippen LogP contribution in [0.3, 0.4) is 0 Å². The van der Waals surface area contributed by atoms with Crippen LogP contribution in [0.25, 0.3) is 0 Å². The molecule has 0 saturated heterocycles. The Balaban J connectivity index is 0.00000507. The highest BCUT2D eigenvalue weighted by Crippen LogP contribution is 2.33. The molecule has 1 amide bonds. The maximum atomic E-state index is 13.0. The molecule has 2 aromatic rings. The predicted molar refractivity (Wildman–Crippen MR) is 170 cm³/mol. The van der Waals surface area contributed by atoms with Gasteiger partial charge in [-0.25, -0.2) is 0 Å². The molecule has 0 atom stereocenters. The van der Waals surface area contributed by atoms with Crippen LogP contribution in [0.4, 0.5) is 5.69 Å². The van der Waals surface area contributed by atoms with Crippen LogP contribution in [0.15, 0.2) is 54.1 Å². The zero-order valence-electron chi connectivity index (χ0n) is 22.8. The number of hydrogen-bond acceptors (Lipinski definition) is 4. The number of halogens is 2. The number of ether oxygens (including phenoxy) is 1. The molecule has 0 saturated carbocycles. The lowest BCUT2D eigenvalue weighted by Gasteiger charge is -2.16. The Hall–Kier alpha value is -1.63. The lowest BCUT2D eigenvalue weighted by Crippen LogP contribution is -2.15. The molecule has 210 valence electrons. The number of carbonyl (C=O) groups is 1. The number of nitrogens with zero attached hydrogens (tertiary/aromatic N) is 1. The molecule has 0 unspecified atom stereocenters. The minimum Gasteiger partial charge on any atom is -0.490 e. The van der Waals surface area contributed by atoms with Gasteiger partial charge in [-0.15, -0.1) is 28.7 Å². The van der Waals surface area contributed by atoms with E-state index in [0.717, 1.165) is 30.8 Å². The first-order chi connectivity index (χ1) is 18.2. The highest BCUT2D eigenvalue weighted by atomic mass is 79.9. The number of anilines is 1. The van der Waals surface area contributed by atoms with E-state index >= 15 is 0 Å². The van der Waals surface area contributed by atoms with Crippen LogP contribution in [-0.2, 0) is 6.54 Å². The van der Waals surface area contributed by atoms with E-state index in [9.17, 15) is 4.79 Å². The van der Waals surface area contributed by atoms with Crippen molar-refractivity contribution < 1.29 is 9.53 Å². The minimum atomic E-state index is -0.161. The highest BCUT2D eigenvalue weighted by molar-refractivity contribution is 8.93. The lowest BCUT2D eigenvalue weighted by atomic mass is 10.1. The van der Waals surface area contributed by atoms with E-state index < -0.39 is 0 Å². The van der Waals surface area contributed by atoms with Gasteiger partial charge in [-0.05, 0) is 41.7 Å². The molecule has 0 radical (unpaired) electrons. The number of thioether (sulfide) groups is 1. The summed E-state index contributed by atoms with van der Waals surface area (Å²) in [6, 6.07) is 13.3. The maximum absolute atomic E-state index is 13.0. The van der Waals surface area contributed by atoms with Crippen molar-refractivity contribution in [2.24, 2.45) is 0 Å². The van der Waals surface area contributed by atoms with Crippen molar-refractivity contribution in [3.8, 4) is 5.75 Å². The SMILES string of the molecule is Br.CCCCCCCCCCCCCCOc1c(Cl)cccc1NC(=O)c1cccc(CN2C=CSC2)c1. The first kappa shape index (κ1) is 32.6. The molecule has 1 N–H and O–H groups in total. The summed E-state index contributed by atoms with van der Waals surface area (Å²) in [6.07, 6.45) is 17.8. The summed E-state index contributed by atoms with van der Waals surface area (Å²) in [4.78, 5) is 15.2. The topological polar surface area (TPSA) is 41.6 Å². The normalized spacial score (nSPS) is 12.4. The van der Waals surface area contributed by atoms with Gasteiger partial charge < -0.3 is 15.0 Å². The molecule has 0 spiro atoms. The fourth-order valence-corrected chi connectivity index (χ4v) is 5.46. The summed E-state index contributed by atoms with van der Waals surface area (Å²) in [5, 5.41) is 5.61. The van der Waals surface area contributed by atoms with Crippen molar-refractivity contribution in [1.82, 2.24) is 4.90 Å². The number of carbonyl (C=O) groups excluding carboxylic acids is 1. The van der Waals surface area contributed by atoms with Gasteiger partial charge >= 0.3 is 0 Å². The van der Waals surface area contributed by atoms with Crippen LogP contribution in [0.2, 0.25) is 5.02 Å². The van der Waals surface area contributed by atoms with Crippen molar-refractivity contribution in [3.05, 3.63) is 70.2 Å². The zero-order chi connectivity index (χ0) is 26.1. The fraction of sp³-hybridized carbons (Fsp3) is 0.516. The van der Waals surface area contributed by atoms with E-state index in [1.807, 2.05) is 30.3 Å². The van der Waals surface area contributed by atoms with E-state index in [4.69, 9.17) is 16.3 Å². The average molecular weight is 624 g/mol. The summed E-state index contributed by atoms with van der Waals surface area (Å²) in [7, 11) is 0. The van der Waals surface area contributed by atoms with Crippen molar-refractivity contribution in [2.45, 2.75) is 90.5 Å². The molecule has 7 heteroatoms. The second kappa shape index (κ2) is 19.4. The Bertz CT molecular complexity index is 988. The van der Waals surface area contributed by atoms with Gasteiger partial charge in [0.05, 0.1) is 23.2 Å². The molecule has 1 aliphatic rings. The molecule has 4 nitrogen and oxygen atoms in total. The van der Waals surface area contributed by atoms with E-state index in [2.05, 4.69) is 34.8 Å². The summed E-state index contributed by atoms with van der Waals surface area (Å²) in [6.45, 7) is 3.65. The second-order valence-corrected chi connectivity index (χ2v) is 11.1. The number of unbranched alkanes of at least 4 members (excludes halogenated alkanes) is 11. The monoisotopic (exact) mass is 622 g/mol. The van der Waals surface area contributed by atoms with Crippen LogP contribution >= 0.6 is 40.3 Å². The Labute approximate surface area is 249 Å².